The molecule has 5 heteroatoms. The van der Waals surface area contributed by atoms with E-state index in [-0.39, 0.29) is 19.1 Å². The second-order valence-corrected chi connectivity index (χ2v) is 5.53. The first-order chi connectivity index (χ1) is 11.7. The smallest absolute Gasteiger partial charge is 0.320 e. The largest absolute Gasteiger partial charge is 0.465 e. The molecule has 0 aliphatic rings. The van der Waals surface area contributed by atoms with E-state index in [4.69, 9.17) is 9.99 Å². The monoisotopic (exact) mass is 329 g/mol. The minimum atomic E-state index is -0.223. The molecule has 1 N–H and O–H groups in total. The van der Waals surface area contributed by atoms with Crippen LogP contribution in [0.4, 0.5) is 0 Å². The van der Waals surface area contributed by atoms with E-state index in [1.807, 2.05) is 59.5 Å². The van der Waals surface area contributed by atoms with Crippen LogP contribution < -0.4 is 0 Å². The number of carbonyl (C=O) groups is 1. The van der Waals surface area contributed by atoms with E-state index in [0.717, 1.165) is 16.7 Å². The second-order valence-electron chi connectivity index (χ2n) is 5.53. The Morgan fingerprint density at radius 3 is 2.12 bits per heavy atom. The van der Waals surface area contributed by atoms with Gasteiger partial charge in [-0.05, 0) is 23.6 Å². The predicted octanol–water partition coefficient (Wildman–Crippen LogP) is 3.24. The molecule has 0 atom stereocenters. The Kier molecular flexibility index (Phi) is 7.42. The third-order valence-corrected chi connectivity index (χ3v) is 3.57. The lowest BCUT2D eigenvalue weighted by atomic mass is 10.1. The first kappa shape index (κ1) is 18.1. The summed E-state index contributed by atoms with van der Waals surface area (Å²) < 4.78 is 5.07. The Hall–Kier alpha value is -2.21. The maximum atomic E-state index is 11.9. The highest BCUT2D eigenvalue weighted by Crippen LogP contribution is 2.12. The summed E-state index contributed by atoms with van der Waals surface area (Å²) in [6.45, 7) is 3.89. The fourth-order valence-electron chi connectivity index (χ4n) is 2.47. The molecule has 0 aliphatic heterocycles. The van der Waals surface area contributed by atoms with Crippen LogP contribution in [0.2, 0.25) is 0 Å². The SMILES string of the molecule is CCOC(=O)CN(Cc1ccccc1)Cc1ccc(COO)cc1. The van der Waals surface area contributed by atoms with Gasteiger partial charge in [-0.3, -0.25) is 15.0 Å². The summed E-state index contributed by atoms with van der Waals surface area (Å²) in [5.74, 6) is -0.223. The molecular weight excluding hydrogens is 306 g/mol. The maximum Gasteiger partial charge on any atom is 0.320 e. The van der Waals surface area contributed by atoms with E-state index in [9.17, 15) is 4.79 Å². The molecule has 24 heavy (non-hydrogen) atoms. The molecule has 0 aliphatic carbocycles. The van der Waals surface area contributed by atoms with Crippen LogP contribution in [-0.2, 0) is 34.1 Å². The van der Waals surface area contributed by atoms with Crippen LogP contribution in [0.3, 0.4) is 0 Å². The van der Waals surface area contributed by atoms with Crippen molar-refractivity contribution < 1.29 is 19.7 Å². The summed E-state index contributed by atoms with van der Waals surface area (Å²) in [7, 11) is 0. The van der Waals surface area contributed by atoms with Gasteiger partial charge in [-0.25, -0.2) is 4.89 Å². The second kappa shape index (κ2) is 9.82. The summed E-state index contributed by atoms with van der Waals surface area (Å²) in [6, 6.07) is 17.8. The molecule has 0 spiro atoms. The molecule has 0 saturated heterocycles. The van der Waals surface area contributed by atoms with E-state index in [1.54, 1.807) is 6.92 Å². The lowest BCUT2D eigenvalue weighted by Gasteiger charge is -2.21. The van der Waals surface area contributed by atoms with Crippen LogP contribution in [0.25, 0.3) is 0 Å². The van der Waals surface area contributed by atoms with Crippen molar-refractivity contribution in [1.29, 1.82) is 0 Å². The number of hydrogen-bond acceptors (Lipinski definition) is 5. The summed E-state index contributed by atoms with van der Waals surface area (Å²) in [5, 5.41) is 8.49. The Morgan fingerprint density at radius 2 is 1.54 bits per heavy atom. The molecule has 0 radical (unpaired) electrons. The molecule has 128 valence electrons. The lowest BCUT2D eigenvalue weighted by Crippen LogP contribution is -2.30. The van der Waals surface area contributed by atoms with Crippen molar-refractivity contribution in [2.45, 2.75) is 26.6 Å². The van der Waals surface area contributed by atoms with Gasteiger partial charge >= 0.3 is 5.97 Å². The fourth-order valence-corrected chi connectivity index (χ4v) is 2.47. The van der Waals surface area contributed by atoms with Gasteiger partial charge in [0.25, 0.3) is 0 Å². The Balaban J connectivity index is 2.05. The van der Waals surface area contributed by atoms with E-state index in [1.165, 1.54) is 0 Å². The van der Waals surface area contributed by atoms with E-state index in [0.29, 0.717) is 19.7 Å². The van der Waals surface area contributed by atoms with E-state index in [2.05, 4.69) is 4.89 Å². The number of carbonyl (C=O) groups excluding carboxylic acids is 1. The standard InChI is InChI=1S/C19H23NO4/c1-2-23-19(21)14-20(12-16-6-4-3-5-7-16)13-17-8-10-18(11-9-17)15-24-22/h3-11,22H,2,12-15H2,1H3. The van der Waals surface area contributed by atoms with Gasteiger partial charge in [-0.1, -0.05) is 54.6 Å². The average molecular weight is 329 g/mol. The van der Waals surface area contributed by atoms with Gasteiger partial charge in [0.15, 0.2) is 0 Å². The average Bonchev–Trinajstić information content (AvgIpc) is 2.58. The van der Waals surface area contributed by atoms with Crippen LogP contribution in [0, 0.1) is 0 Å². The number of hydrogen-bond donors (Lipinski definition) is 1. The van der Waals surface area contributed by atoms with Crippen LogP contribution >= 0.6 is 0 Å². The van der Waals surface area contributed by atoms with Gasteiger partial charge in [0.05, 0.1) is 13.2 Å². The van der Waals surface area contributed by atoms with E-state index < -0.39 is 0 Å². The topological polar surface area (TPSA) is 59.0 Å². The summed E-state index contributed by atoms with van der Waals surface area (Å²) >= 11 is 0. The number of benzene rings is 2. The Labute approximate surface area is 142 Å². The molecule has 0 bridgehead atoms. The minimum absolute atomic E-state index is 0.164. The first-order valence-electron chi connectivity index (χ1n) is 7.97. The molecule has 0 saturated carbocycles. The van der Waals surface area contributed by atoms with Crippen molar-refractivity contribution >= 4 is 5.97 Å². The van der Waals surface area contributed by atoms with Crippen molar-refractivity contribution in [2.24, 2.45) is 0 Å². The zero-order valence-electron chi connectivity index (χ0n) is 13.9. The van der Waals surface area contributed by atoms with Gasteiger partial charge in [0.2, 0.25) is 0 Å². The third-order valence-electron chi connectivity index (χ3n) is 3.57. The molecule has 0 fully saturated rings. The molecule has 2 aromatic rings. The number of nitrogens with zero attached hydrogens (tertiary/aromatic N) is 1. The molecule has 0 amide bonds. The highest BCUT2D eigenvalue weighted by atomic mass is 17.1. The van der Waals surface area contributed by atoms with Gasteiger partial charge < -0.3 is 4.74 Å². The molecule has 0 unspecified atom stereocenters. The highest BCUT2D eigenvalue weighted by molar-refractivity contribution is 5.71. The van der Waals surface area contributed by atoms with Crippen molar-refractivity contribution in [2.75, 3.05) is 13.2 Å². The molecule has 5 nitrogen and oxygen atoms in total. The lowest BCUT2D eigenvalue weighted by molar-refractivity contribution is -0.253. The van der Waals surface area contributed by atoms with Crippen molar-refractivity contribution in [3.05, 3.63) is 71.3 Å². The predicted molar refractivity (Wildman–Crippen MR) is 91.0 cm³/mol. The van der Waals surface area contributed by atoms with Crippen LogP contribution in [0.15, 0.2) is 54.6 Å². The molecule has 2 aromatic carbocycles. The number of esters is 1. The van der Waals surface area contributed by atoms with Crippen molar-refractivity contribution in [1.82, 2.24) is 4.90 Å². The first-order valence-corrected chi connectivity index (χ1v) is 7.97. The summed E-state index contributed by atoms with van der Waals surface area (Å²) in [4.78, 5) is 18.0. The molecule has 0 heterocycles. The summed E-state index contributed by atoms with van der Waals surface area (Å²) in [6.07, 6.45) is 0. The third kappa shape index (κ3) is 6.12. The Bertz CT molecular complexity index is 613. The van der Waals surface area contributed by atoms with Gasteiger partial charge in [-0.15, -0.1) is 0 Å². The Morgan fingerprint density at radius 1 is 0.958 bits per heavy atom. The minimum Gasteiger partial charge on any atom is -0.465 e. The van der Waals surface area contributed by atoms with Gasteiger partial charge in [0, 0.05) is 13.1 Å². The maximum absolute atomic E-state index is 11.9. The van der Waals surface area contributed by atoms with Crippen LogP contribution in [0.1, 0.15) is 23.6 Å². The van der Waals surface area contributed by atoms with Crippen molar-refractivity contribution in [3.63, 3.8) is 0 Å². The van der Waals surface area contributed by atoms with Crippen LogP contribution in [-0.4, -0.2) is 29.3 Å². The zero-order chi connectivity index (χ0) is 17.2. The van der Waals surface area contributed by atoms with Gasteiger partial charge in [-0.2, -0.15) is 0 Å². The van der Waals surface area contributed by atoms with Gasteiger partial charge in [0.1, 0.15) is 6.61 Å². The quantitative estimate of drug-likeness (QED) is 0.435. The zero-order valence-corrected chi connectivity index (χ0v) is 13.9. The fraction of sp³-hybridized carbons (Fsp3) is 0.316. The van der Waals surface area contributed by atoms with Crippen LogP contribution in [0.5, 0.6) is 0 Å². The number of rotatable bonds is 9. The molecule has 2 rings (SSSR count). The summed E-state index contributed by atoms with van der Waals surface area (Å²) in [5.41, 5.74) is 3.12. The molecule has 0 aromatic heterocycles. The normalized spacial score (nSPS) is 10.8. The van der Waals surface area contributed by atoms with E-state index >= 15 is 0 Å². The van der Waals surface area contributed by atoms with Crippen molar-refractivity contribution in [3.8, 4) is 0 Å². The highest BCUT2D eigenvalue weighted by Gasteiger charge is 2.13. The molecular formula is C19H23NO4. The number of ether oxygens (including phenoxy) is 1.